The van der Waals surface area contributed by atoms with Crippen LogP contribution in [-0.4, -0.2) is 35.3 Å². The van der Waals surface area contributed by atoms with E-state index in [-0.39, 0.29) is 24.0 Å². The number of amides is 1. The molecule has 0 atom stereocenters. The van der Waals surface area contributed by atoms with Crippen LogP contribution in [-0.2, 0) is 17.9 Å². The van der Waals surface area contributed by atoms with Crippen molar-refractivity contribution in [2.75, 3.05) is 13.2 Å². The van der Waals surface area contributed by atoms with Gasteiger partial charge in [0.1, 0.15) is 12.4 Å². The van der Waals surface area contributed by atoms with E-state index in [0.29, 0.717) is 41.2 Å². The lowest BCUT2D eigenvalue weighted by Crippen LogP contribution is -2.22. The fraction of sp³-hybridized carbons (Fsp3) is 0.333. The van der Waals surface area contributed by atoms with Crippen molar-refractivity contribution in [2.45, 2.75) is 33.9 Å². The van der Waals surface area contributed by atoms with E-state index in [2.05, 4.69) is 15.5 Å². The predicted molar refractivity (Wildman–Crippen MR) is 125 cm³/mol. The molecule has 0 saturated carbocycles. The van der Waals surface area contributed by atoms with Crippen molar-refractivity contribution >= 4 is 23.2 Å². The highest BCUT2D eigenvalue weighted by Gasteiger charge is 2.16. The molecule has 0 aliphatic carbocycles. The number of nitrogens with one attached hydrogen (secondary N) is 1. The van der Waals surface area contributed by atoms with Crippen LogP contribution in [0, 0.1) is 11.7 Å². The van der Waals surface area contributed by atoms with Crippen LogP contribution in [0.5, 0.6) is 11.5 Å². The highest BCUT2D eigenvalue weighted by Crippen LogP contribution is 2.29. The van der Waals surface area contributed by atoms with Crippen LogP contribution in [0.2, 0.25) is 0 Å². The topological polar surface area (TPSA) is 99.6 Å². The van der Waals surface area contributed by atoms with Crippen LogP contribution in [0.25, 0.3) is 0 Å². The zero-order valence-corrected chi connectivity index (χ0v) is 20.0. The van der Waals surface area contributed by atoms with Gasteiger partial charge in [0, 0.05) is 6.54 Å². The summed E-state index contributed by atoms with van der Waals surface area (Å²) in [6.07, 6.45) is 0. The quantitative estimate of drug-likeness (QED) is 0.400. The Morgan fingerprint density at radius 3 is 2.53 bits per heavy atom. The molecule has 0 fully saturated rings. The van der Waals surface area contributed by atoms with Gasteiger partial charge in [-0.3, -0.25) is 4.79 Å². The number of ether oxygens (including phenoxy) is 3. The van der Waals surface area contributed by atoms with Gasteiger partial charge >= 0.3 is 5.97 Å². The normalized spacial score (nSPS) is 10.7. The number of hydrogen-bond donors (Lipinski definition) is 1. The third-order valence-corrected chi connectivity index (χ3v) is 5.30. The first-order valence-electron chi connectivity index (χ1n) is 10.8. The third kappa shape index (κ3) is 7.24. The molecule has 3 rings (SSSR count). The molecule has 2 aromatic carbocycles. The Hall–Kier alpha value is -3.53. The van der Waals surface area contributed by atoms with Crippen LogP contribution >= 0.6 is 11.3 Å². The Morgan fingerprint density at radius 1 is 1.06 bits per heavy atom. The maximum Gasteiger partial charge on any atom is 0.338 e. The molecule has 10 heteroatoms. The fourth-order valence-electron chi connectivity index (χ4n) is 2.75. The van der Waals surface area contributed by atoms with Crippen LogP contribution in [0.1, 0.15) is 51.5 Å². The van der Waals surface area contributed by atoms with E-state index in [9.17, 15) is 14.0 Å². The number of rotatable bonds is 11. The SMILES string of the molecule is CCOc1cc(C(=O)OCc2nnc(C(=O)NCc3ccc(F)cc3)s2)ccc1OCC(C)C. The second-order valence-corrected chi connectivity index (χ2v) is 8.75. The zero-order chi connectivity index (χ0) is 24.5. The molecular weight excluding hydrogens is 461 g/mol. The van der Waals surface area contributed by atoms with Gasteiger partial charge in [-0.1, -0.05) is 37.3 Å². The molecule has 0 unspecified atom stereocenters. The zero-order valence-electron chi connectivity index (χ0n) is 19.2. The summed E-state index contributed by atoms with van der Waals surface area (Å²) in [5, 5.41) is 11.0. The fourth-order valence-corrected chi connectivity index (χ4v) is 3.42. The van der Waals surface area contributed by atoms with Gasteiger partial charge in [-0.2, -0.15) is 0 Å². The van der Waals surface area contributed by atoms with Gasteiger partial charge in [0.05, 0.1) is 18.8 Å². The first-order valence-corrected chi connectivity index (χ1v) is 11.6. The summed E-state index contributed by atoms with van der Waals surface area (Å²) >= 11 is 1.02. The number of benzene rings is 2. The molecule has 34 heavy (non-hydrogen) atoms. The van der Waals surface area contributed by atoms with E-state index in [1.54, 1.807) is 30.3 Å². The van der Waals surface area contributed by atoms with Crippen molar-refractivity contribution in [1.29, 1.82) is 0 Å². The molecule has 1 aromatic heterocycles. The lowest BCUT2D eigenvalue weighted by atomic mass is 10.2. The van der Waals surface area contributed by atoms with E-state index in [1.807, 2.05) is 20.8 Å². The lowest BCUT2D eigenvalue weighted by molar-refractivity contribution is 0.0471. The summed E-state index contributed by atoms with van der Waals surface area (Å²) in [6.45, 7) is 6.98. The van der Waals surface area contributed by atoms with E-state index >= 15 is 0 Å². The largest absolute Gasteiger partial charge is 0.490 e. The summed E-state index contributed by atoms with van der Waals surface area (Å²) in [7, 11) is 0. The second kappa shape index (κ2) is 12.1. The monoisotopic (exact) mass is 487 g/mol. The van der Waals surface area contributed by atoms with Crippen molar-refractivity contribution in [2.24, 2.45) is 5.92 Å². The predicted octanol–water partition coefficient (Wildman–Crippen LogP) is 4.40. The molecule has 1 N–H and O–H groups in total. The van der Waals surface area contributed by atoms with E-state index in [0.717, 1.165) is 16.9 Å². The van der Waals surface area contributed by atoms with Crippen molar-refractivity contribution in [3.8, 4) is 11.5 Å². The molecule has 1 heterocycles. The summed E-state index contributed by atoms with van der Waals surface area (Å²) in [6, 6.07) is 10.7. The summed E-state index contributed by atoms with van der Waals surface area (Å²) in [4.78, 5) is 24.8. The smallest absolute Gasteiger partial charge is 0.338 e. The molecule has 0 aliphatic rings. The third-order valence-electron chi connectivity index (χ3n) is 4.41. The summed E-state index contributed by atoms with van der Waals surface area (Å²) in [5.41, 5.74) is 1.06. The molecule has 0 aliphatic heterocycles. The highest BCUT2D eigenvalue weighted by atomic mass is 32.1. The minimum atomic E-state index is -0.561. The van der Waals surface area contributed by atoms with Gasteiger partial charge in [0.15, 0.2) is 16.5 Å². The van der Waals surface area contributed by atoms with Crippen LogP contribution in [0.3, 0.4) is 0 Å². The Morgan fingerprint density at radius 2 is 1.82 bits per heavy atom. The molecular formula is C24H26FN3O5S. The highest BCUT2D eigenvalue weighted by molar-refractivity contribution is 7.13. The summed E-state index contributed by atoms with van der Waals surface area (Å²) in [5.74, 6) is 0.0524. The molecule has 1 amide bonds. The van der Waals surface area contributed by atoms with Gasteiger partial charge in [0.25, 0.3) is 5.91 Å². The van der Waals surface area contributed by atoms with E-state index in [4.69, 9.17) is 14.2 Å². The number of halogens is 1. The maximum absolute atomic E-state index is 13.0. The number of esters is 1. The van der Waals surface area contributed by atoms with Crippen LogP contribution in [0.4, 0.5) is 4.39 Å². The van der Waals surface area contributed by atoms with Crippen molar-refractivity contribution in [3.63, 3.8) is 0 Å². The average Bonchev–Trinajstić information content (AvgIpc) is 3.30. The molecule has 8 nitrogen and oxygen atoms in total. The van der Waals surface area contributed by atoms with Gasteiger partial charge in [0.2, 0.25) is 5.01 Å². The number of nitrogens with zero attached hydrogens (tertiary/aromatic N) is 2. The molecule has 0 bridgehead atoms. The number of hydrogen-bond acceptors (Lipinski definition) is 8. The Labute approximate surface area is 201 Å². The average molecular weight is 488 g/mol. The minimum Gasteiger partial charge on any atom is -0.490 e. The van der Waals surface area contributed by atoms with Crippen molar-refractivity contribution < 1.29 is 28.2 Å². The molecule has 180 valence electrons. The van der Waals surface area contributed by atoms with Gasteiger partial charge in [-0.05, 0) is 48.7 Å². The molecule has 0 saturated heterocycles. The summed E-state index contributed by atoms with van der Waals surface area (Å²) < 4.78 is 29.6. The van der Waals surface area contributed by atoms with Crippen molar-refractivity contribution in [1.82, 2.24) is 15.5 Å². The van der Waals surface area contributed by atoms with Crippen LogP contribution in [0.15, 0.2) is 42.5 Å². The second-order valence-electron chi connectivity index (χ2n) is 7.69. The maximum atomic E-state index is 13.0. The van der Waals surface area contributed by atoms with Crippen molar-refractivity contribution in [3.05, 3.63) is 69.4 Å². The Kier molecular flexibility index (Phi) is 8.92. The van der Waals surface area contributed by atoms with E-state index < -0.39 is 11.9 Å². The Bertz CT molecular complexity index is 1120. The van der Waals surface area contributed by atoms with Gasteiger partial charge in [-0.15, -0.1) is 10.2 Å². The lowest BCUT2D eigenvalue weighted by Gasteiger charge is -2.14. The minimum absolute atomic E-state index is 0.128. The number of carbonyl (C=O) groups is 2. The molecule has 3 aromatic rings. The van der Waals surface area contributed by atoms with Gasteiger partial charge in [-0.25, -0.2) is 9.18 Å². The standard InChI is InChI=1S/C24H26FN3O5S/c1-4-31-20-11-17(7-10-19(20)32-13-15(2)3)24(30)33-14-21-27-28-23(34-21)22(29)26-12-16-5-8-18(25)9-6-16/h5-11,15H,4,12-14H2,1-3H3,(H,26,29). The van der Waals surface area contributed by atoms with Gasteiger partial charge < -0.3 is 19.5 Å². The molecule has 0 radical (unpaired) electrons. The first kappa shape index (κ1) is 25.1. The number of carbonyl (C=O) groups excluding carboxylic acids is 2. The van der Waals surface area contributed by atoms with Crippen LogP contribution < -0.4 is 14.8 Å². The Balaban J connectivity index is 1.55. The number of aromatic nitrogens is 2. The first-order chi connectivity index (χ1) is 16.4. The molecule has 0 spiro atoms. The van der Waals surface area contributed by atoms with E-state index in [1.165, 1.54) is 12.1 Å².